The van der Waals surface area contributed by atoms with Crippen LogP contribution in [-0.4, -0.2) is 37.3 Å². The van der Waals surface area contributed by atoms with Crippen LogP contribution < -0.4 is 10.1 Å². The molecule has 0 aliphatic carbocycles. The Morgan fingerprint density at radius 1 is 1.04 bits per heavy atom. The van der Waals surface area contributed by atoms with E-state index in [1.165, 1.54) is 0 Å². The quantitative estimate of drug-likeness (QED) is 0.162. The summed E-state index contributed by atoms with van der Waals surface area (Å²) < 4.78 is 8.73. The maximum absolute atomic E-state index is 12.2. The first-order chi connectivity index (χ1) is 21.6. The third-order valence-electron chi connectivity index (χ3n) is 7.98. The van der Waals surface area contributed by atoms with Crippen molar-refractivity contribution in [2.75, 3.05) is 0 Å². The number of aromatic nitrogens is 2. The summed E-state index contributed by atoms with van der Waals surface area (Å²) in [7, 11) is 0. The van der Waals surface area contributed by atoms with Gasteiger partial charge in [-0.1, -0.05) is 67.1 Å². The minimum absolute atomic E-state index is 0.288. The molecule has 2 aromatic heterocycles. The summed E-state index contributed by atoms with van der Waals surface area (Å²) in [5.74, 6) is -1.68. The van der Waals surface area contributed by atoms with Gasteiger partial charge in [0.15, 0.2) is 0 Å². The van der Waals surface area contributed by atoms with Gasteiger partial charge in [0.25, 0.3) is 0 Å². The molecule has 0 fully saturated rings. The van der Waals surface area contributed by atoms with Crippen molar-refractivity contribution in [3.05, 3.63) is 113 Å². The topological polar surface area (TPSA) is 93.4 Å². The van der Waals surface area contributed by atoms with Crippen LogP contribution in [-0.2, 0) is 35.6 Å². The van der Waals surface area contributed by atoms with E-state index in [0.29, 0.717) is 24.6 Å². The molecule has 7 nitrogen and oxygen atoms in total. The second-order valence-corrected chi connectivity index (χ2v) is 14.0. The predicted octanol–water partition coefficient (Wildman–Crippen LogP) is 7.54. The van der Waals surface area contributed by atoms with Gasteiger partial charge in [0.1, 0.15) is 12.4 Å². The maximum atomic E-state index is 12.2. The molecule has 1 aliphatic rings. The van der Waals surface area contributed by atoms with Crippen LogP contribution >= 0.6 is 23.4 Å². The molecule has 0 bridgehead atoms. The van der Waals surface area contributed by atoms with Gasteiger partial charge in [-0.05, 0) is 61.7 Å². The standard InChI is InChI=1S/C36H34ClN3O4S/c1-22-17-28-31(44-21-27-14-11-25(19-38-27)24-7-5-4-6-8-24)16-15-29-32(28)33(45-22)30(18-36(2,3)39-34(41)35(42)43)40(29)20-23-9-12-26(37)13-10-23/h4-16,19,22H,17-18,20-21H2,1-3H3,(H,39,41)(H,42,43). The molecular formula is C36H34ClN3O4S. The van der Waals surface area contributed by atoms with Crippen molar-refractivity contribution in [1.29, 1.82) is 0 Å². The number of nitrogens with one attached hydrogen (secondary N) is 1. The highest BCUT2D eigenvalue weighted by Gasteiger charge is 2.33. The molecular weight excluding hydrogens is 606 g/mol. The number of halogens is 1. The third-order valence-corrected chi connectivity index (χ3v) is 9.48. The first-order valence-electron chi connectivity index (χ1n) is 14.8. The lowest BCUT2D eigenvalue weighted by atomic mass is 9.97. The normalized spacial score (nSPS) is 14.4. The fourth-order valence-corrected chi connectivity index (χ4v) is 7.36. The van der Waals surface area contributed by atoms with Crippen molar-refractivity contribution in [3.8, 4) is 16.9 Å². The molecule has 5 aromatic rings. The first kappa shape index (κ1) is 30.7. The van der Waals surface area contributed by atoms with Gasteiger partial charge < -0.3 is 19.7 Å². The zero-order valence-electron chi connectivity index (χ0n) is 25.3. The molecule has 9 heteroatoms. The van der Waals surface area contributed by atoms with E-state index < -0.39 is 17.4 Å². The van der Waals surface area contributed by atoms with E-state index >= 15 is 0 Å². The fraction of sp³-hybridized carbons (Fsp3) is 0.250. The molecule has 6 rings (SSSR count). The smallest absolute Gasteiger partial charge is 0.394 e. The van der Waals surface area contributed by atoms with Crippen molar-refractivity contribution in [2.24, 2.45) is 0 Å². The van der Waals surface area contributed by atoms with Gasteiger partial charge in [-0.15, -0.1) is 11.8 Å². The Hall–Kier alpha value is -4.27. The Morgan fingerprint density at radius 3 is 2.49 bits per heavy atom. The van der Waals surface area contributed by atoms with Crippen molar-refractivity contribution in [1.82, 2.24) is 14.9 Å². The number of aliphatic carboxylic acids is 1. The number of carboxylic acids is 1. The van der Waals surface area contributed by atoms with Gasteiger partial charge in [0, 0.05) is 62.1 Å². The minimum Gasteiger partial charge on any atom is -0.487 e. The van der Waals surface area contributed by atoms with Gasteiger partial charge >= 0.3 is 11.9 Å². The number of nitrogens with zero attached hydrogens (tertiary/aromatic N) is 2. The molecule has 3 heterocycles. The van der Waals surface area contributed by atoms with Crippen LogP contribution in [0.25, 0.3) is 22.0 Å². The summed E-state index contributed by atoms with van der Waals surface area (Å²) >= 11 is 8.00. The monoisotopic (exact) mass is 639 g/mol. The van der Waals surface area contributed by atoms with E-state index in [1.54, 1.807) is 0 Å². The van der Waals surface area contributed by atoms with E-state index in [1.807, 2.05) is 86.4 Å². The van der Waals surface area contributed by atoms with Gasteiger partial charge in [0.05, 0.1) is 11.2 Å². The highest BCUT2D eigenvalue weighted by atomic mass is 35.5. The summed E-state index contributed by atoms with van der Waals surface area (Å²) in [5.41, 5.74) is 6.57. The largest absolute Gasteiger partial charge is 0.487 e. The van der Waals surface area contributed by atoms with Crippen LogP contribution in [0.2, 0.25) is 5.02 Å². The van der Waals surface area contributed by atoms with Crippen LogP contribution in [0.1, 0.15) is 43.3 Å². The van der Waals surface area contributed by atoms with E-state index in [-0.39, 0.29) is 5.25 Å². The Kier molecular flexibility index (Phi) is 8.62. The Bertz CT molecular complexity index is 1870. The van der Waals surface area contributed by atoms with Crippen LogP contribution in [0.4, 0.5) is 0 Å². The van der Waals surface area contributed by atoms with E-state index in [0.717, 1.165) is 61.6 Å². The molecule has 1 aliphatic heterocycles. The maximum Gasteiger partial charge on any atom is 0.394 e. The van der Waals surface area contributed by atoms with Gasteiger partial charge in [-0.2, -0.15) is 0 Å². The third kappa shape index (κ3) is 6.72. The van der Waals surface area contributed by atoms with Crippen LogP contribution in [0.3, 0.4) is 0 Å². The molecule has 1 amide bonds. The zero-order chi connectivity index (χ0) is 31.7. The number of pyridine rings is 1. The van der Waals surface area contributed by atoms with Crippen molar-refractivity contribution in [2.45, 2.75) is 62.4 Å². The summed E-state index contributed by atoms with van der Waals surface area (Å²) in [5, 5.41) is 14.1. The molecule has 45 heavy (non-hydrogen) atoms. The molecule has 0 saturated heterocycles. The average molecular weight is 640 g/mol. The van der Waals surface area contributed by atoms with E-state index in [9.17, 15) is 14.7 Å². The van der Waals surface area contributed by atoms with E-state index in [4.69, 9.17) is 16.3 Å². The molecule has 1 unspecified atom stereocenters. The number of carbonyl (C=O) groups excluding carboxylic acids is 1. The Labute approximate surface area is 271 Å². The first-order valence-corrected chi connectivity index (χ1v) is 16.1. The fourth-order valence-electron chi connectivity index (χ4n) is 5.92. The lowest BCUT2D eigenvalue weighted by molar-refractivity contribution is -0.151. The average Bonchev–Trinajstić information content (AvgIpc) is 3.29. The van der Waals surface area contributed by atoms with Crippen LogP contribution in [0.15, 0.2) is 90.0 Å². The van der Waals surface area contributed by atoms with Crippen molar-refractivity contribution < 1.29 is 19.4 Å². The summed E-state index contributed by atoms with van der Waals surface area (Å²) in [6.45, 7) is 6.85. The second kappa shape index (κ2) is 12.6. The van der Waals surface area contributed by atoms with Gasteiger partial charge in [0.2, 0.25) is 0 Å². The Balaban J connectivity index is 1.37. The zero-order valence-corrected chi connectivity index (χ0v) is 26.9. The number of thioether (sulfide) groups is 1. The SMILES string of the molecule is CC1Cc2c(OCc3ccc(-c4ccccc4)cn3)ccc3c2c(c(CC(C)(C)NC(=O)C(=O)O)n3Cc2ccc(Cl)cc2)S1. The number of carbonyl (C=O) groups is 2. The number of hydrogen-bond acceptors (Lipinski definition) is 5. The molecule has 0 radical (unpaired) electrons. The van der Waals surface area contributed by atoms with Crippen molar-refractivity contribution >= 4 is 46.1 Å². The van der Waals surface area contributed by atoms with Crippen LogP contribution in [0.5, 0.6) is 5.75 Å². The Morgan fingerprint density at radius 2 is 1.80 bits per heavy atom. The summed E-state index contributed by atoms with van der Waals surface area (Å²) in [6.07, 6.45) is 3.16. The predicted molar refractivity (Wildman–Crippen MR) is 179 cm³/mol. The molecule has 0 saturated carbocycles. The van der Waals surface area contributed by atoms with Gasteiger partial charge in [-0.3, -0.25) is 9.78 Å². The number of amides is 1. The van der Waals surface area contributed by atoms with E-state index in [2.05, 4.69) is 46.1 Å². The van der Waals surface area contributed by atoms with Crippen molar-refractivity contribution in [3.63, 3.8) is 0 Å². The molecule has 2 N–H and O–H groups in total. The number of rotatable bonds is 9. The number of carboxylic acid groups (broad SMARTS) is 1. The summed E-state index contributed by atoms with van der Waals surface area (Å²) in [4.78, 5) is 29.3. The summed E-state index contributed by atoms with van der Waals surface area (Å²) in [6, 6.07) is 26.2. The minimum atomic E-state index is -1.50. The number of hydrogen-bond donors (Lipinski definition) is 2. The lowest BCUT2D eigenvalue weighted by Gasteiger charge is -2.28. The second-order valence-electron chi connectivity index (χ2n) is 12.1. The number of ether oxygens (including phenoxy) is 1. The van der Waals surface area contributed by atoms with Gasteiger partial charge in [-0.25, -0.2) is 4.79 Å². The number of benzene rings is 3. The molecule has 1 atom stereocenters. The molecule has 0 spiro atoms. The molecule has 230 valence electrons. The lowest BCUT2D eigenvalue weighted by Crippen LogP contribution is -2.48. The molecule has 3 aromatic carbocycles. The highest BCUT2D eigenvalue weighted by Crippen LogP contribution is 2.47. The highest BCUT2D eigenvalue weighted by molar-refractivity contribution is 8.00. The van der Waals surface area contributed by atoms with Crippen LogP contribution in [0, 0.1) is 0 Å².